The zero-order valence-corrected chi connectivity index (χ0v) is 45.6. The van der Waals surface area contributed by atoms with Crippen LogP contribution in [0.2, 0.25) is 0 Å². The number of fused-ring (bicyclic) bond motifs is 3. The minimum atomic E-state index is -2.93. The van der Waals surface area contributed by atoms with E-state index in [1.54, 1.807) is 18.2 Å². The molecule has 0 amide bonds. The Bertz CT molecular complexity index is 3080. The number of rotatable bonds is 21. The Morgan fingerprint density at radius 3 is 0.911 bits per heavy atom. The summed E-state index contributed by atoms with van der Waals surface area (Å²) < 4.78 is 156. The summed E-state index contributed by atoms with van der Waals surface area (Å²) in [5.74, 6) is 2.46. The summed E-state index contributed by atoms with van der Waals surface area (Å²) in [6.45, 7) is -8.80. The molecule has 0 aliphatic rings. The molecule has 31 heteroatoms. The summed E-state index contributed by atoms with van der Waals surface area (Å²) in [5, 5.41) is 0.211. The van der Waals surface area contributed by atoms with Crippen molar-refractivity contribution in [1.82, 2.24) is 44.9 Å². The molecule has 0 aliphatic carbocycles. The van der Waals surface area contributed by atoms with Crippen molar-refractivity contribution in [1.29, 1.82) is 0 Å². The normalized spacial score (nSPS) is 12.2. The van der Waals surface area contributed by atoms with Gasteiger partial charge in [-0.3, -0.25) is 15.0 Å². The van der Waals surface area contributed by atoms with Gasteiger partial charge >= 0.3 is 37.2 Å². The number of alkyl halides is 6. The van der Waals surface area contributed by atoms with Gasteiger partial charge < -0.3 is 86.2 Å². The minimum Gasteiger partial charge on any atom is -0.612 e. The van der Waals surface area contributed by atoms with E-state index in [4.69, 9.17) is 28.4 Å². The number of aromatic nitrogens is 9. The number of imidazole rings is 3. The van der Waals surface area contributed by atoms with Crippen molar-refractivity contribution in [2.75, 3.05) is 42.7 Å². The van der Waals surface area contributed by atoms with Crippen LogP contribution in [0.15, 0.2) is 107 Å². The Morgan fingerprint density at radius 2 is 0.684 bits per heavy atom. The Hall–Kier alpha value is -7.24. The third-order valence-electron chi connectivity index (χ3n) is 10.3. The van der Waals surface area contributed by atoms with Gasteiger partial charge in [-0.25, -0.2) is 0 Å². The first-order valence-electron chi connectivity index (χ1n) is 22.1. The van der Waals surface area contributed by atoms with E-state index in [9.17, 15) is 40.0 Å². The molecule has 0 bridgehead atoms. The molecule has 6 heterocycles. The zero-order chi connectivity index (χ0) is 56.0. The van der Waals surface area contributed by atoms with Gasteiger partial charge in [0.05, 0.1) is 42.7 Å². The van der Waals surface area contributed by atoms with Crippen molar-refractivity contribution in [3.05, 3.63) is 108 Å². The zero-order valence-electron chi connectivity index (χ0n) is 42.0. The monoisotopic (exact) mass is 1170 g/mol. The van der Waals surface area contributed by atoms with E-state index in [0.29, 0.717) is 84.7 Å². The summed E-state index contributed by atoms with van der Waals surface area (Å²) in [6.07, 6.45) is 4.55. The van der Waals surface area contributed by atoms with E-state index in [1.807, 2.05) is 0 Å². The number of pyridine rings is 3. The molecule has 6 aromatic heterocycles. The van der Waals surface area contributed by atoms with Crippen molar-refractivity contribution in [3.63, 3.8) is 0 Å². The average Bonchev–Trinajstić information content (AvgIpc) is 4.25. The molecule has 79 heavy (non-hydrogen) atoms. The second-order valence-electron chi connectivity index (χ2n) is 15.1. The van der Waals surface area contributed by atoms with E-state index < -0.39 is 53.4 Å². The van der Waals surface area contributed by atoms with Crippen LogP contribution in [-0.4, -0.2) is 123 Å². The number of hydrogen-bond acceptors (Lipinski definition) is 18. The molecule has 21 nitrogen and oxygen atoms in total. The maximum Gasteiger partial charge on any atom is 3.00 e. The molecular weight excluding hydrogens is 1130 g/mol. The van der Waals surface area contributed by atoms with Crippen LogP contribution in [0.5, 0.6) is 51.7 Å². The SMILES string of the molecule is COc1ccnc(C[S+]([O-])c2nc3cc(OC(F)F)ccc3[n-]2)c1OC.COc1ccnc(C[S+]([O-])c2nc3cc(OC(F)F)ccc3[n-]2)c1OC.COc1ccnc(C[S+]([O-])c2nc3cc(OC(F)F)ccc3[n-]2)c1OC.[Al+3]. The van der Waals surface area contributed by atoms with E-state index >= 15 is 0 Å². The fourth-order valence-corrected chi connectivity index (χ4v) is 9.97. The van der Waals surface area contributed by atoms with E-state index in [-0.39, 0.29) is 67.3 Å². The first-order chi connectivity index (χ1) is 37.5. The van der Waals surface area contributed by atoms with Crippen LogP contribution < -0.4 is 57.6 Å². The van der Waals surface area contributed by atoms with Gasteiger partial charge in [-0.2, -0.15) is 26.3 Å². The van der Waals surface area contributed by atoms with Gasteiger partial charge in [0, 0.05) is 36.8 Å². The standard InChI is InChI=1S/3C16H14F2N3O4S.Al/c3*1-23-13-5-6-19-12(14(13)24-2)8-26(22)16-20-10-4-3-9(25-15(17)18)7-11(10)21-16;/h3*3-7,15H,8H2,1-2H3;/q3*-1;+3. The second kappa shape index (κ2) is 28.6. The van der Waals surface area contributed by atoms with E-state index in [2.05, 4.69) is 59.1 Å². The van der Waals surface area contributed by atoms with Gasteiger partial charge in [0.1, 0.15) is 49.8 Å². The fraction of sp³-hybridized carbons (Fsp3) is 0.250. The summed E-state index contributed by atoms with van der Waals surface area (Å²) in [6, 6.07) is 17.3. The molecule has 0 radical (unpaired) electrons. The van der Waals surface area contributed by atoms with Gasteiger partial charge in [-0.1, -0.05) is 18.2 Å². The van der Waals surface area contributed by atoms with Crippen LogP contribution in [0.1, 0.15) is 17.1 Å². The van der Waals surface area contributed by atoms with E-state index in [1.165, 1.54) is 116 Å². The Labute approximate surface area is 464 Å². The number of hydrogen-bond donors (Lipinski definition) is 0. The Kier molecular flexibility index (Phi) is 22.1. The molecule has 0 saturated carbocycles. The predicted molar refractivity (Wildman–Crippen MR) is 273 cm³/mol. The minimum absolute atomic E-state index is 0. The van der Waals surface area contributed by atoms with Crippen molar-refractivity contribution in [2.45, 2.75) is 52.6 Å². The van der Waals surface area contributed by atoms with Crippen molar-refractivity contribution < 1.29 is 82.6 Å². The number of methoxy groups -OCH3 is 6. The van der Waals surface area contributed by atoms with Gasteiger partial charge in [0.25, 0.3) is 0 Å². The maximum atomic E-state index is 12.6. The smallest absolute Gasteiger partial charge is 0.612 e. The summed E-state index contributed by atoms with van der Waals surface area (Å²) >= 11 is -4.85. The first-order valence-corrected chi connectivity index (χ1v) is 26.0. The summed E-state index contributed by atoms with van der Waals surface area (Å²) in [5.41, 5.74) is 3.54. The van der Waals surface area contributed by atoms with Crippen LogP contribution in [0, 0.1) is 0 Å². The number of halogens is 6. The molecule has 414 valence electrons. The van der Waals surface area contributed by atoms with Crippen LogP contribution in [0.3, 0.4) is 0 Å². The van der Waals surface area contributed by atoms with Gasteiger partial charge in [0.15, 0.2) is 51.8 Å². The van der Waals surface area contributed by atoms with E-state index in [0.717, 1.165) is 0 Å². The van der Waals surface area contributed by atoms with Crippen molar-refractivity contribution in [2.24, 2.45) is 0 Å². The largest absolute Gasteiger partial charge is 3.00 e. The predicted octanol–water partition coefficient (Wildman–Crippen LogP) is 7.16. The second-order valence-corrected chi connectivity index (χ2v) is 19.1. The maximum absolute atomic E-state index is 12.6. The quantitative estimate of drug-likeness (QED) is 0.0392. The molecule has 0 spiro atoms. The van der Waals surface area contributed by atoms with Crippen LogP contribution in [0.25, 0.3) is 33.1 Å². The molecule has 0 aliphatic heterocycles. The molecular formula is C48H42AlF6N9O12S3. The number of nitrogens with zero attached hydrogens (tertiary/aromatic N) is 9. The van der Waals surface area contributed by atoms with Crippen LogP contribution in [0.4, 0.5) is 26.3 Å². The topological polar surface area (TPSA) is 272 Å². The first kappa shape index (κ1) is 61.0. The molecule has 0 saturated heterocycles. The van der Waals surface area contributed by atoms with Crippen LogP contribution >= 0.6 is 0 Å². The van der Waals surface area contributed by atoms with Crippen molar-refractivity contribution in [3.8, 4) is 51.7 Å². The Morgan fingerprint density at radius 1 is 0.418 bits per heavy atom. The third kappa shape index (κ3) is 15.7. The number of ether oxygens (including phenoxy) is 9. The van der Waals surface area contributed by atoms with Gasteiger partial charge in [-0.05, 0) is 103 Å². The number of benzene rings is 3. The summed E-state index contributed by atoms with van der Waals surface area (Å²) in [7, 11) is 8.86. The van der Waals surface area contributed by atoms with Crippen LogP contribution in [-0.2, 0) is 50.8 Å². The average molecular weight is 1170 g/mol. The molecule has 9 rings (SSSR count). The molecule has 0 fully saturated rings. The molecule has 3 atom stereocenters. The summed E-state index contributed by atoms with van der Waals surface area (Å²) in [4.78, 5) is 37.4. The third-order valence-corrected chi connectivity index (χ3v) is 13.7. The molecule has 3 aromatic carbocycles. The molecule has 0 N–H and O–H groups in total. The molecule has 9 aromatic rings. The molecule has 3 unspecified atom stereocenters. The Balaban J connectivity index is 0.000000190. The van der Waals surface area contributed by atoms with Gasteiger partial charge in [0.2, 0.25) is 0 Å². The van der Waals surface area contributed by atoms with Crippen molar-refractivity contribution >= 4 is 84.0 Å². The fourth-order valence-electron chi connectivity index (χ4n) is 7.02. The van der Waals surface area contributed by atoms with Gasteiger partial charge in [-0.15, -0.1) is 0 Å².